The van der Waals surface area contributed by atoms with E-state index in [0.29, 0.717) is 31.2 Å². The van der Waals surface area contributed by atoms with Crippen LogP contribution in [0.1, 0.15) is 50.7 Å². The summed E-state index contributed by atoms with van der Waals surface area (Å²) in [6, 6.07) is 9.17. The molecule has 0 saturated carbocycles. The van der Waals surface area contributed by atoms with E-state index in [0.717, 1.165) is 12.1 Å². The summed E-state index contributed by atoms with van der Waals surface area (Å²) in [4.78, 5) is 29.4. The van der Waals surface area contributed by atoms with Crippen LogP contribution in [0.3, 0.4) is 0 Å². The van der Waals surface area contributed by atoms with Gasteiger partial charge in [-0.1, -0.05) is 32.0 Å². The van der Waals surface area contributed by atoms with E-state index in [2.05, 4.69) is 5.32 Å². The number of piperidine rings is 1. The summed E-state index contributed by atoms with van der Waals surface area (Å²) in [7, 11) is -3.63. The Bertz CT molecular complexity index is 1280. The number of nitrogens with zero attached hydrogens (tertiary/aromatic N) is 3. The number of amides is 3. The van der Waals surface area contributed by atoms with Gasteiger partial charge in [-0.25, -0.2) is 17.6 Å². The van der Waals surface area contributed by atoms with E-state index in [4.69, 9.17) is 0 Å². The number of sulfonamides is 1. The third-order valence-electron chi connectivity index (χ3n) is 6.86. The molecule has 0 atom stereocenters. The molecule has 0 spiro atoms. The Labute approximate surface area is 238 Å². The zero-order valence-corrected chi connectivity index (χ0v) is 24.0. The summed E-state index contributed by atoms with van der Waals surface area (Å²) in [6.45, 7) is 4.05. The van der Waals surface area contributed by atoms with Gasteiger partial charge in [0.05, 0.1) is 17.9 Å². The fourth-order valence-corrected chi connectivity index (χ4v) is 6.30. The number of hydrogen-bond donors (Lipinski definition) is 1. The Hall–Kier alpha value is -3.19. The zero-order chi connectivity index (χ0) is 30.2. The maximum Gasteiger partial charge on any atom is 0.416 e. The minimum Gasteiger partial charge on any atom is -0.334 e. The largest absolute Gasteiger partial charge is 0.416 e. The van der Waals surface area contributed by atoms with Gasteiger partial charge in [-0.2, -0.15) is 17.5 Å². The first-order valence-corrected chi connectivity index (χ1v) is 15.2. The molecule has 13 heteroatoms. The molecule has 1 N–H and O–H groups in total. The molecule has 0 radical (unpaired) electrons. The molecule has 1 aliphatic heterocycles. The molecule has 3 rings (SSSR count). The van der Waals surface area contributed by atoms with Crippen molar-refractivity contribution in [2.45, 2.75) is 58.3 Å². The highest BCUT2D eigenvalue weighted by Gasteiger charge is 2.33. The Kier molecular flexibility index (Phi) is 11.1. The lowest BCUT2D eigenvalue weighted by molar-refractivity contribution is -0.137. The lowest BCUT2D eigenvalue weighted by atomic mass is 10.0. The van der Waals surface area contributed by atoms with Gasteiger partial charge in [0, 0.05) is 37.9 Å². The predicted molar refractivity (Wildman–Crippen MR) is 148 cm³/mol. The van der Waals surface area contributed by atoms with Crippen LogP contribution in [0.2, 0.25) is 0 Å². The fraction of sp³-hybridized carbons (Fsp3) is 0.500. The summed E-state index contributed by atoms with van der Waals surface area (Å²) in [5, 5.41) is 2.50. The van der Waals surface area contributed by atoms with Crippen LogP contribution in [-0.4, -0.2) is 72.4 Å². The van der Waals surface area contributed by atoms with Gasteiger partial charge in [-0.05, 0) is 61.6 Å². The topological polar surface area (TPSA) is 90.0 Å². The van der Waals surface area contributed by atoms with E-state index in [1.807, 2.05) is 6.92 Å². The van der Waals surface area contributed by atoms with E-state index in [1.54, 1.807) is 24.0 Å². The van der Waals surface area contributed by atoms with Crippen molar-refractivity contribution < 1.29 is 35.6 Å². The number of urea groups is 1. The molecule has 8 nitrogen and oxygen atoms in total. The summed E-state index contributed by atoms with van der Waals surface area (Å²) >= 11 is 0. The maximum absolute atomic E-state index is 13.6. The number of hydrogen-bond acceptors (Lipinski definition) is 4. The van der Waals surface area contributed by atoms with E-state index in [-0.39, 0.29) is 50.2 Å². The first kappa shape index (κ1) is 32.3. The number of anilines is 1. The molecule has 226 valence electrons. The highest BCUT2D eigenvalue weighted by molar-refractivity contribution is 7.89. The molecule has 3 amide bonds. The molecule has 2 aromatic rings. The Morgan fingerprint density at radius 3 is 2.27 bits per heavy atom. The van der Waals surface area contributed by atoms with E-state index in [9.17, 15) is 35.6 Å². The van der Waals surface area contributed by atoms with Crippen molar-refractivity contribution in [3.8, 4) is 0 Å². The molecule has 1 aliphatic rings. The fourth-order valence-electron chi connectivity index (χ4n) is 4.76. The SMILES string of the molecule is CCCN(CC(=O)N(Cc1ccc(F)cc1)C1CCN(C(=O)Nc2cccc(C(F)(F)F)c2)CC1)S(=O)(=O)CCC. The number of benzene rings is 2. The van der Waals surface area contributed by atoms with Gasteiger partial charge < -0.3 is 15.1 Å². The molecular weight excluding hydrogens is 564 g/mol. The van der Waals surface area contributed by atoms with Crippen molar-refractivity contribution in [1.82, 2.24) is 14.1 Å². The maximum atomic E-state index is 13.6. The molecule has 0 aromatic heterocycles. The predicted octanol–water partition coefficient (Wildman–Crippen LogP) is 5.32. The van der Waals surface area contributed by atoms with Crippen molar-refractivity contribution in [1.29, 1.82) is 0 Å². The Balaban J connectivity index is 1.72. The zero-order valence-electron chi connectivity index (χ0n) is 23.2. The smallest absolute Gasteiger partial charge is 0.334 e. The number of alkyl halides is 3. The van der Waals surface area contributed by atoms with Crippen LogP contribution in [0.25, 0.3) is 0 Å². The normalized spacial score (nSPS) is 14.8. The van der Waals surface area contributed by atoms with E-state index >= 15 is 0 Å². The van der Waals surface area contributed by atoms with Gasteiger partial charge in [0.25, 0.3) is 0 Å². The number of rotatable bonds is 11. The third kappa shape index (κ3) is 9.15. The quantitative estimate of drug-likeness (QED) is 0.354. The second-order valence-electron chi connectivity index (χ2n) is 10.0. The van der Waals surface area contributed by atoms with E-state index in [1.165, 1.54) is 33.5 Å². The minimum absolute atomic E-state index is 0.0179. The van der Waals surface area contributed by atoms with Crippen LogP contribution in [0.4, 0.5) is 28.0 Å². The average molecular weight is 601 g/mol. The molecular formula is C28H36F4N4O4S. The minimum atomic E-state index is -4.54. The van der Waals surface area contributed by atoms with Gasteiger partial charge in [0.2, 0.25) is 15.9 Å². The molecule has 0 unspecified atom stereocenters. The third-order valence-corrected chi connectivity index (χ3v) is 8.88. The second-order valence-corrected chi connectivity index (χ2v) is 12.1. The molecule has 1 fully saturated rings. The Morgan fingerprint density at radius 1 is 1.02 bits per heavy atom. The number of halogens is 4. The van der Waals surface area contributed by atoms with Gasteiger partial charge in [-0.15, -0.1) is 0 Å². The number of carbonyl (C=O) groups is 2. The van der Waals surface area contributed by atoms with Gasteiger partial charge in [0.1, 0.15) is 5.82 Å². The lowest BCUT2D eigenvalue weighted by Gasteiger charge is -2.39. The van der Waals surface area contributed by atoms with E-state index < -0.39 is 39.5 Å². The Morgan fingerprint density at radius 2 is 1.68 bits per heavy atom. The number of likely N-dealkylation sites (tertiary alicyclic amines) is 1. The highest BCUT2D eigenvalue weighted by atomic mass is 32.2. The first-order chi connectivity index (χ1) is 19.3. The van der Waals surface area contributed by atoms with Gasteiger partial charge >= 0.3 is 12.2 Å². The van der Waals surface area contributed by atoms with Gasteiger partial charge in [-0.3, -0.25) is 4.79 Å². The molecule has 0 aliphatic carbocycles. The van der Waals surface area contributed by atoms with Crippen molar-refractivity contribution in [2.24, 2.45) is 0 Å². The lowest BCUT2D eigenvalue weighted by Crippen LogP contribution is -2.52. The standard InChI is InChI=1S/C28H36F4N4O4S/c1-3-14-35(41(39,40)17-4-2)20-26(37)36(19-21-8-10-23(29)11-9-21)25-12-15-34(16-13-25)27(38)33-24-7-5-6-22(18-24)28(30,31)32/h5-11,18,25H,3-4,12-17,19-20H2,1-2H3,(H,33,38). The van der Waals surface area contributed by atoms with Crippen LogP contribution in [0.15, 0.2) is 48.5 Å². The number of carbonyl (C=O) groups excluding carboxylic acids is 2. The van der Waals surface area contributed by atoms with Crippen molar-refractivity contribution in [3.63, 3.8) is 0 Å². The van der Waals surface area contributed by atoms with Crippen LogP contribution < -0.4 is 5.32 Å². The first-order valence-electron chi connectivity index (χ1n) is 13.6. The van der Waals surface area contributed by atoms with Crippen molar-refractivity contribution in [2.75, 3.05) is 37.2 Å². The molecule has 2 aromatic carbocycles. The van der Waals surface area contributed by atoms with Gasteiger partial charge in [0.15, 0.2) is 0 Å². The molecule has 0 bridgehead atoms. The summed E-state index contributed by atoms with van der Waals surface area (Å²) in [5.74, 6) is -0.890. The van der Waals surface area contributed by atoms with Crippen LogP contribution in [0, 0.1) is 5.82 Å². The monoisotopic (exact) mass is 600 g/mol. The second kappa shape index (κ2) is 14.1. The average Bonchev–Trinajstić information content (AvgIpc) is 2.92. The molecule has 1 saturated heterocycles. The van der Waals surface area contributed by atoms with Crippen LogP contribution in [-0.2, 0) is 27.5 Å². The van der Waals surface area contributed by atoms with Crippen LogP contribution in [0.5, 0.6) is 0 Å². The summed E-state index contributed by atoms with van der Waals surface area (Å²) < 4.78 is 79.4. The summed E-state index contributed by atoms with van der Waals surface area (Å²) in [5.41, 5.74) is -0.186. The molecule has 41 heavy (non-hydrogen) atoms. The number of nitrogens with one attached hydrogen (secondary N) is 1. The van der Waals surface area contributed by atoms with Crippen molar-refractivity contribution >= 4 is 27.6 Å². The van der Waals surface area contributed by atoms with Crippen molar-refractivity contribution in [3.05, 3.63) is 65.5 Å². The highest BCUT2D eigenvalue weighted by Crippen LogP contribution is 2.31. The summed E-state index contributed by atoms with van der Waals surface area (Å²) in [6.07, 6.45) is -2.84. The van der Waals surface area contributed by atoms with Crippen LogP contribution >= 0.6 is 0 Å². The molecule has 1 heterocycles.